The van der Waals surface area contributed by atoms with Crippen LogP contribution in [-0.2, 0) is 7.05 Å². The summed E-state index contributed by atoms with van der Waals surface area (Å²) < 4.78 is 3.98. The molecule has 0 saturated heterocycles. The van der Waals surface area contributed by atoms with Crippen LogP contribution < -0.4 is 5.56 Å². The molecule has 2 aromatic carbocycles. The molecule has 0 unspecified atom stereocenters. The molecule has 0 aliphatic heterocycles. The Balaban J connectivity index is 2.41. The van der Waals surface area contributed by atoms with Crippen molar-refractivity contribution in [1.82, 2.24) is 9.36 Å². The number of aromatic nitrogens is 2. The molecule has 0 fully saturated rings. The minimum absolute atomic E-state index is 0.0943. The van der Waals surface area contributed by atoms with Gasteiger partial charge in [-0.1, -0.05) is 43.7 Å². The lowest BCUT2D eigenvalue weighted by Crippen LogP contribution is -2.22. The third-order valence-corrected chi connectivity index (χ3v) is 5.36. The molecule has 0 aliphatic carbocycles. The second-order valence-electron chi connectivity index (χ2n) is 7.12. The summed E-state index contributed by atoms with van der Waals surface area (Å²) in [7, 11) is 1.89. The van der Waals surface area contributed by atoms with E-state index in [9.17, 15) is 4.79 Å². The summed E-state index contributed by atoms with van der Waals surface area (Å²) in [6, 6.07) is 11.0. The summed E-state index contributed by atoms with van der Waals surface area (Å²) in [5.41, 5.74) is 7.08. The van der Waals surface area contributed by atoms with Crippen molar-refractivity contribution in [3.05, 3.63) is 57.4 Å². The highest BCUT2D eigenvalue weighted by atomic mass is 16.1. The van der Waals surface area contributed by atoms with Gasteiger partial charge in [0.25, 0.3) is 5.56 Å². The van der Waals surface area contributed by atoms with Crippen molar-refractivity contribution in [2.24, 2.45) is 7.05 Å². The molecule has 0 aliphatic rings. The van der Waals surface area contributed by atoms with Gasteiger partial charge in [0.2, 0.25) is 0 Å². The zero-order chi connectivity index (χ0) is 18.3. The molecule has 0 radical (unpaired) electrons. The summed E-state index contributed by atoms with van der Waals surface area (Å²) in [5, 5.41) is 0.840. The zero-order valence-corrected chi connectivity index (χ0v) is 16.2. The standard InChI is InChI=1S/C22H28N2O/c1-7-17(8-2)24-19-11-9-10-18(21(19)22(25)23(24)6)20-15(4)12-14(3)13-16(20)5/h9-13,17H,7-8H2,1-6H3. The normalized spacial score (nSPS) is 11.6. The first kappa shape index (κ1) is 17.5. The molecule has 0 saturated carbocycles. The van der Waals surface area contributed by atoms with Gasteiger partial charge in [0.05, 0.1) is 16.9 Å². The monoisotopic (exact) mass is 336 g/mol. The molecular weight excluding hydrogens is 308 g/mol. The lowest BCUT2D eigenvalue weighted by atomic mass is 9.92. The van der Waals surface area contributed by atoms with Crippen LogP contribution in [0.2, 0.25) is 0 Å². The van der Waals surface area contributed by atoms with Crippen LogP contribution in [0.5, 0.6) is 0 Å². The van der Waals surface area contributed by atoms with Crippen LogP contribution in [0.3, 0.4) is 0 Å². The first-order valence-corrected chi connectivity index (χ1v) is 9.19. The molecule has 3 rings (SSSR count). The van der Waals surface area contributed by atoms with E-state index in [1.807, 2.05) is 7.05 Å². The van der Waals surface area contributed by atoms with Crippen molar-refractivity contribution >= 4 is 10.9 Å². The van der Waals surface area contributed by atoms with E-state index in [1.165, 1.54) is 22.3 Å². The molecule has 0 atom stereocenters. The van der Waals surface area contributed by atoms with E-state index < -0.39 is 0 Å². The van der Waals surface area contributed by atoms with Gasteiger partial charge in [-0.15, -0.1) is 0 Å². The predicted molar refractivity (Wildman–Crippen MR) is 106 cm³/mol. The van der Waals surface area contributed by atoms with Crippen LogP contribution in [0.4, 0.5) is 0 Å². The van der Waals surface area contributed by atoms with Crippen molar-refractivity contribution in [2.75, 3.05) is 0 Å². The number of rotatable bonds is 4. The van der Waals surface area contributed by atoms with Gasteiger partial charge in [-0.3, -0.25) is 14.2 Å². The summed E-state index contributed by atoms with van der Waals surface area (Å²) in [6.07, 6.45) is 2.03. The predicted octanol–water partition coefficient (Wildman–Crippen LogP) is 5.29. The Morgan fingerprint density at radius 3 is 2.16 bits per heavy atom. The van der Waals surface area contributed by atoms with E-state index in [2.05, 4.69) is 69.6 Å². The fourth-order valence-electron chi connectivity index (χ4n) is 4.27. The SMILES string of the molecule is CCC(CC)n1c2cccc(-c3c(C)cc(C)cc3C)c2c(=O)n1C. The van der Waals surface area contributed by atoms with E-state index in [4.69, 9.17) is 0 Å². The molecule has 0 amide bonds. The average molecular weight is 336 g/mol. The Kier molecular flexibility index (Phi) is 4.59. The Bertz CT molecular complexity index is 964. The summed E-state index contributed by atoms with van der Waals surface area (Å²) in [5.74, 6) is 0. The molecule has 1 aromatic heterocycles. The quantitative estimate of drug-likeness (QED) is 0.635. The van der Waals surface area contributed by atoms with Gasteiger partial charge in [-0.05, 0) is 61.9 Å². The smallest absolute Gasteiger partial charge is 0.274 e. The fraction of sp³-hybridized carbons (Fsp3) is 0.409. The number of aryl methyl sites for hydroxylation is 3. The topological polar surface area (TPSA) is 26.9 Å². The largest absolute Gasteiger partial charge is 0.279 e. The van der Waals surface area contributed by atoms with E-state index in [-0.39, 0.29) is 5.56 Å². The Morgan fingerprint density at radius 1 is 1.00 bits per heavy atom. The molecule has 0 spiro atoms. The summed E-state index contributed by atoms with van der Waals surface area (Å²) >= 11 is 0. The maximum atomic E-state index is 13.1. The van der Waals surface area contributed by atoms with Crippen molar-refractivity contribution < 1.29 is 0 Å². The van der Waals surface area contributed by atoms with Crippen molar-refractivity contribution in [3.8, 4) is 11.1 Å². The second-order valence-corrected chi connectivity index (χ2v) is 7.12. The van der Waals surface area contributed by atoms with E-state index in [0.29, 0.717) is 6.04 Å². The third kappa shape index (κ3) is 2.72. The van der Waals surface area contributed by atoms with E-state index in [0.717, 1.165) is 29.3 Å². The molecule has 1 heterocycles. The summed E-state index contributed by atoms with van der Waals surface area (Å²) in [6.45, 7) is 10.8. The highest BCUT2D eigenvalue weighted by Crippen LogP contribution is 2.34. The molecule has 3 nitrogen and oxygen atoms in total. The van der Waals surface area contributed by atoms with Gasteiger partial charge in [0.1, 0.15) is 0 Å². The van der Waals surface area contributed by atoms with Crippen molar-refractivity contribution in [1.29, 1.82) is 0 Å². The Labute approximate surface area is 149 Å². The zero-order valence-electron chi connectivity index (χ0n) is 16.2. The van der Waals surface area contributed by atoms with Crippen LogP contribution in [0.25, 0.3) is 22.0 Å². The highest BCUT2D eigenvalue weighted by Gasteiger charge is 2.20. The molecular formula is C22H28N2O. The minimum atomic E-state index is 0.0943. The first-order chi connectivity index (χ1) is 11.9. The van der Waals surface area contributed by atoms with Gasteiger partial charge < -0.3 is 0 Å². The number of fused-ring (bicyclic) bond motifs is 1. The van der Waals surface area contributed by atoms with E-state index >= 15 is 0 Å². The molecule has 0 N–H and O–H groups in total. The average Bonchev–Trinajstić information content (AvgIpc) is 2.81. The van der Waals surface area contributed by atoms with Crippen molar-refractivity contribution in [2.45, 2.75) is 53.5 Å². The van der Waals surface area contributed by atoms with Crippen LogP contribution in [0, 0.1) is 20.8 Å². The number of hydrogen-bond donors (Lipinski definition) is 0. The van der Waals surface area contributed by atoms with Crippen LogP contribution in [0.1, 0.15) is 49.4 Å². The maximum absolute atomic E-state index is 13.1. The minimum Gasteiger partial charge on any atom is -0.279 e. The fourth-order valence-corrected chi connectivity index (χ4v) is 4.27. The number of benzene rings is 2. The molecule has 25 heavy (non-hydrogen) atoms. The number of hydrogen-bond acceptors (Lipinski definition) is 1. The van der Waals surface area contributed by atoms with Crippen LogP contribution in [0.15, 0.2) is 35.1 Å². The molecule has 0 bridgehead atoms. The Morgan fingerprint density at radius 2 is 1.60 bits per heavy atom. The lowest BCUT2D eigenvalue weighted by molar-refractivity contribution is 0.384. The van der Waals surface area contributed by atoms with Crippen LogP contribution in [-0.4, -0.2) is 9.36 Å². The van der Waals surface area contributed by atoms with Gasteiger partial charge >= 0.3 is 0 Å². The van der Waals surface area contributed by atoms with Gasteiger partial charge in [-0.2, -0.15) is 0 Å². The van der Waals surface area contributed by atoms with Crippen molar-refractivity contribution in [3.63, 3.8) is 0 Å². The first-order valence-electron chi connectivity index (χ1n) is 9.19. The molecule has 3 heteroatoms. The molecule has 132 valence electrons. The van der Waals surface area contributed by atoms with Gasteiger partial charge in [0.15, 0.2) is 0 Å². The van der Waals surface area contributed by atoms with E-state index in [1.54, 1.807) is 4.68 Å². The van der Waals surface area contributed by atoms with Crippen LogP contribution >= 0.6 is 0 Å². The maximum Gasteiger partial charge on any atom is 0.274 e. The second kappa shape index (κ2) is 6.55. The molecule has 3 aromatic rings. The summed E-state index contributed by atoms with van der Waals surface area (Å²) in [4.78, 5) is 13.1. The van der Waals surface area contributed by atoms with Gasteiger partial charge in [0, 0.05) is 7.05 Å². The highest BCUT2D eigenvalue weighted by molar-refractivity contribution is 5.96. The van der Waals surface area contributed by atoms with Gasteiger partial charge in [-0.25, -0.2) is 0 Å². The Hall–Kier alpha value is -2.29. The lowest BCUT2D eigenvalue weighted by Gasteiger charge is -2.19. The number of nitrogens with zero attached hydrogens (tertiary/aromatic N) is 2. The third-order valence-electron chi connectivity index (χ3n) is 5.36.